The van der Waals surface area contributed by atoms with E-state index in [9.17, 15) is 9.59 Å². The SMILES string of the molecule is COc1ccc2cc(CN(C)C(=O)CN(C)CC(=O)O)ccc2c1. The average Bonchev–Trinajstić information content (AvgIpc) is 2.53. The molecule has 0 bridgehead atoms. The zero-order chi connectivity index (χ0) is 17.7. The highest BCUT2D eigenvalue weighted by Gasteiger charge is 2.14. The maximum absolute atomic E-state index is 12.2. The lowest BCUT2D eigenvalue weighted by atomic mass is 10.1. The number of aliphatic carboxylic acids is 1. The fourth-order valence-electron chi connectivity index (χ4n) is 2.50. The van der Waals surface area contributed by atoms with E-state index in [-0.39, 0.29) is 19.0 Å². The number of carbonyl (C=O) groups is 2. The van der Waals surface area contributed by atoms with Crippen LogP contribution in [0.25, 0.3) is 10.8 Å². The van der Waals surface area contributed by atoms with E-state index >= 15 is 0 Å². The lowest BCUT2D eigenvalue weighted by Gasteiger charge is -2.21. The van der Waals surface area contributed by atoms with Crippen LogP contribution in [0.15, 0.2) is 36.4 Å². The van der Waals surface area contributed by atoms with E-state index in [4.69, 9.17) is 9.84 Å². The molecule has 0 fully saturated rings. The Morgan fingerprint density at radius 1 is 1.04 bits per heavy atom. The third kappa shape index (κ3) is 4.70. The molecule has 0 unspecified atom stereocenters. The van der Waals surface area contributed by atoms with E-state index in [1.54, 1.807) is 26.1 Å². The Morgan fingerprint density at radius 2 is 1.71 bits per heavy atom. The second kappa shape index (κ2) is 7.79. The molecule has 2 aromatic carbocycles. The van der Waals surface area contributed by atoms with Crippen molar-refractivity contribution in [2.75, 3.05) is 34.3 Å². The van der Waals surface area contributed by atoms with Crippen LogP contribution in [0.5, 0.6) is 5.75 Å². The van der Waals surface area contributed by atoms with Crippen LogP contribution in [-0.2, 0) is 16.1 Å². The second-order valence-corrected chi connectivity index (χ2v) is 5.86. The van der Waals surface area contributed by atoms with Crippen LogP contribution in [0.3, 0.4) is 0 Å². The highest BCUT2D eigenvalue weighted by atomic mass is 16.5. The van der Waals surface area contributed by atoms with Crippen molar-refractivity contribution >= 4 is 22.6 Å². The molecular weight excluding hydrogens is 308 g/mol. The van der Waals surface area contributed by atoms with Gasteiger partial charge in [-0.3, -0.25) is 14.5 Å². The van der Waals surface area contributed by atoms with E-state index in [0.29, 0.717) is 6.54 Å². The van der Waals surface area contributed by atoms with Crippen molar-refractivity contribution in [2.45, 2.75) is 6.54 Å². The summed E-state index contributed by atoms with van der Waals surface area (Å²) in [6.45, 7) is 0.396. The average molecular weight is 330 g/mol. The van der Waals surface area contributed by atoms with Crippen molar-refractivity contribution < 1.29 is 19.4 Å². The first-order chi connectivity index (χ1) is 11.4. The largest absolute Gasteiger partial charge is 0.497 e. The van der Waals surface area contributed by atoms with Crippen molar-refractivity contribution in [3.8, 4) is 5.75 Å². The molecule has 0 aliphatic carbocycles. The highest BCUT2D eigenvalue weighted by Crippen LogP contribution is 2.22. The summed E-state index contributed by atoms with van der Waals surface area (Å²) in [5.41, 5.74) is 1.02. The zero-order valence-corrected chi connectivity index (χ0v) is 14.2. The van der Waals surface area contributed by atoms with E-state index in [1.807, 2.05) is 36.4 Å². The van der Waals surface area contributed by atoms with E-state index in [1.165, 1.54) is 4.90 Å². The van der Waals surface area contributed by atoms with E-state index < -0.39 is 5.97 Å². The molecule has 0 heterocycles. The molecule has 0 aliphatic heterocycles. The maximum atomic E-state index is 12.2. The van der Waals surface area contributed by atoms with Crippen LogP contribution in [0, 0.1) is 0 Å². The molecule has 0 radical (unpaired) electrons. The first kappa shape index (κ1) is 17.7. The quantitative estimate of drug-likeness (QED) is 0.839. The van der Waals surface area contributed by atoms with Gasteiger partial charge in [0.15, 0.2) is 0 Å². The Bertz CT molecular complexity index is 745. The van der Waals surface area contributed by atoms with Crippen molar-refractivity contribution in [1.82, 2.24) is 9.80 Å². The number of likely N-dealkylation sites (N-methyl/N-ethyl adjacent to an activating group) is 2. The number of carbonyl (C=O) groups excluding carboxylic acids is 1. The Hall–Kier alpha value is -2.60. The minimum Gasteiger partial charge on any atom is -0.497 e. The summed E-state index contributed by atoms with van der Waals surface area (Å²) in [5.74, 6) is -0.254. The molecule has 0 saturated carbocycles. The predicted octanol–water partition coefficient (Wildman–Crippen LogP) is 1.82. The molecule has 0 aromatic heterocycles. The molecule has 24 heavy (non-hydrogen) atoms. The van der Waals surface area contributed by atoms with Crippen LogP contribution >= 0.6 is 0 Å². The topological polar surface area (TPSA) is 70.1 Å². The Morgan fingerprint density at radius 3 is 2.38 bits per heavy atom. The number of hydrogen-bond donors (Lipinski definition) is 1. The summed E-state index contributed by atoms with van der Waals surface area (Å²) < 4.78 is 5.21. The molecule has 128 valence electrons. The molecule has 2 rings (SSSR count). The molecular formula is C18H22N2O4. The molecule has 1 N–H and O–H groups in total. The van der Waals surface area contributed by atoms with Gasteiger partial charge < -0.3 is 14.7 Å². The molecule has 0 spiro atoms. The number of amides is 1. The Balaban J connectivity index is 2.03. The fourth-order valence-corrected chi connectivity index (χ4v) is 2.50. The maximum Gasteiger partial charge on any atom is 0.317 e. The number of fused-ring (bicyclic) bond motifs is 1. The summed E-state index contributed by atoms with van der Waals surface area (Å²) in [5, 5.41) is 10.9. The Labute approximate surface area is 141 Å². The molecule has 2 aromatic rings. The number of ether oxygens (including phenoxy) is 1. The van der Waals surface area contributed by atoms with Crippen molar-refractivity contribution in [2.24, 2.45) is 0 Å². The number of benzene rings is 2. The van der Waals surface area contributed by atoms with Crippen molar-refractivity contribution in [1.29, 1.82) is 0 Å². The number of methoxy groups -OCH3 is 1. The van der Waals surface area contributed by atoms with Gasteiger partial charge in [-0.25, -0.2) is 0 Å². The normalized spacial score (nSPS) is 10.8. The molecule has 1 amide bonds. The number of rotatable bonds is 7. The van der Waals surface area contributed by atoms with E-state index in [2.05, 4.69) is 0 Å². The number of carboxylic acid groups (broad SMARTS) is 1. The van der Waals surface area contributed by atoms with Gasteiger partial charge in [0.1, 0.15) is 5.75 Å². The molecule has 0 aliphatic rings. The molecule has 0 atom stereocenters. The number of hydrogen-bond acceptors (Lipinski definition) is 4. The van der Waals surface area contributed by atoms with Crippen LogP contribution < -0.4 is 4.74 Å². The third-order valence-electron chi connectivity index (χ3n) is 3.77. The minimum absolute atomic E-state index is 0.0770. The van der Waals surface area contributed by atoms with E-state index in [0.717, 1.165) is 22.1 Å². The van der Waals surface area contributed by atoms with Gasteiger partial charge in [-0.15, -0.1) is 0 Å². The first-order valence-electron chi connectivity index (χ1n) is 7.60. The molecule has 6 nitrogen and oxygen atoms in total. The lowest BCUT2D eigenvalue weighted by Crippen LogP contribution is -2.38. The zero-order valence-electron chi connectivity index (χ0n) is 14.2. The molecule has 0 saturated heterocycles. The van der Waals surface area contributed by atoms with Crippen LogP contribution in [0.2, 0.25) is 0 Å². The van der Waals surface area contributed by atoms with Crippen LogP contribution in [0.1, 0.15) is 5.56 Å². The van der Waals surface area contributed by atoms with Gasteiger partial charge in [0, 0.05) is 13.6 Å². The number of carboxylic acids is 1. The standard InChI is InChI=1S/C18H22N2O4/c1-19(12-18(22)23)11-17(21)20(2)10-13-4-5-15-9-16(24-3)7-6-14(15)8-13/h4-9H,10-12H2,1-3H3,(H,22,23). The highest BCUT2D eigenvalue weighted by molar-refractivity contribution is 5.85. The predicted molar refractivity (Wildman–Crippen MR) is 92.1 cm³/mol. The van der Waals surface area contributed by atoms with Crippen LogP contribution in [0.4, 0.5) is 0 Å². The summed E-state index contributed by atoms with van der Waals surface area (Å²) in [4.78, 5) is 25.9. The summed E-state index contributed by atoms with van der Waals surface area (Å²) in [7, 11) is 4.97. The number of nitrogens with zero attached hydrogens (tertiary/aromatic N) is 2. The van der Waals surface area contributed by atoms with Gasteiger partial charge in [0.25, 0.3) is 0 Å². The van der Waals surface area contributed by atoms with Gasteiger partial charge in [-0.1, -0.05) is 18.2 Å². The van der Waals surface area contributed by atoms with Gasteiger partial charge in [-0.05, 0) is 41.6 Å². The minimum atomic E-state index is -0.946. The first-order valence-corrected chi connectivity index (χ1v) is 7.60. The van der Waals surface area contributed by atoms with Gasteiger partial charge in [0.05, 0.1) is 20.2 Å². The Kier molecular flexibility index (Phi) is 5.76. The second-order valence-electron chi connectivity index (χ2n) is 5.86. The van der Waals surface area contributed by atoms with Gasteiger partial charge >= 0.3 is 5.97 Å². The molecule has 6 heteroatoms. The third-order valence-corrected chi connectivity index (χ3v) is 3.77. The smallest absolute Gasteiger partial charge is 0.317 e. The summed E-state index contributed by atoms with van der Waals surface area (Å²) in [6, 6.07) is 11.9. The van der Waals surface area contributed by atoms with Gasteiger partial charge in [-0.2, -0.15) is 0 Å². The summed E-state index contributed by atoms with van der Waals surface area (Å²) in [6.07, 6.45) is 0. The lowest BCUT2D eigenvalue weighted by molar-refractivity contribution is -0.139. The van der Waals surface area contributed by atoms with Crippen LogP contribution in [-0.4, -0.2) is 61.1 Å². The van der Waals surface area contributed by atoms with Crippen molar-refractivity contribution in [3.05, 3.63) is 42.0 Å². The monoisotopic (exact) mass is 330 g/mol. The van der Waals surface area contributed by atoms with Crippen molar-refractivity contribution in [3.63, 3.8) is 0 Å². The van der Waals surface area contributed by atoms with Gasteiger partial charge in [0.2, 0.25) is 5.91 Å². The fraction of sp³-hybridized carbons (Fsp3) is 0.333. The summed E-state index contributed by atoms with van der Waals surface area (Å²) >= 11 is 0.